The lowest BCUT2D eigenvalue weighted by Crippen LogP contribution is -2.53. The Morgan fingerprint density at radius 2 is 1.59 bits per heavy atom. The third-order valence-electron chi connectivity index (χ3n) is 5.92. The Morgan fingerprint density at radius 1 is 1.00 bits per heavy atom. The van der Waals surface area contributed by atoms with Crippen molar-refractivity contribution < 1.29 is 4.79 Å². The van der Waals surface area contributed by atoms with Gasteiger partial charge in [0.15, 0.2) is 0 Å². The zero-order chi connectivity index (χ0) is 21.1. The molecule has 2 aromatic rings. The molecule has 1 amide bonds. The van der Waals surface area contributed by atoms with Crippen molar-refractivity contribution in [2.45, 2.75) is 33.6 Å². The van der Waals surface area contributed by atoms with Gasteiger partial charge in [-0.2, -0.15) is 0 Å². The minimum Gasteiger partial charge on any atom is -0.362 e. The summed E-state index contributed by atoms with van der Waals surface area (Å²) in [5.41, 5.74) is 1.24. The first-order chi connectivity index (χ1) is 13.9. The molecule has 29 heavy (non-hydrogen) atoms. The van der Waals surface area contributed by atoms with Crippen molar-refractivity contribution in [3.8, 4) is 5.69 Å². The van der Waals surface area contributed by atoms with E-state index in [1.807, 2.05) is 60.9 Å². The molecule has 1 fully saturated rings. The Morgan fingerprint density at radius 3 is 2.14 bits per heavy atom. The van der Waals surface area contributed by atoms with E-state index in [2.05, 4.69) is 0 Å². The van der Waals surface area contributed by atoms with Crippen molar-refractivity contribution in [1.82, 2.24) is 14.0 Å². The number of para-hydroxylation sites is 1. The molecule has 0 atom stereocenters. The molecular formula is C22H30N4O3. The van der Waals surface area contributed by atoms with E-state index in [0.29, 0.717) is 37.6 Å². The number of hydrogen-bond donors (Lipinski definition) is 0. The van der Waals surface area contributed by atoms with Gasteiger partial charge in [-0.15, -0.1) is 0 Å². The van der Waals surface area contributed by atoms with Gasteiger partial charge in [-0.25, -0.2) is 4.79 Å². The predicted octanol–water partition coefficient (Wildman–Crippen LogP) is 1.93. The highest BCUT2D eigenvalue weighted by molar-refractivity contribution is 5.79. The number of carbonyl (C=O) groups excluding carboxylic acids is 1. The molecule has 1 aliphatic heterocycles. The van der Waals surface area contributed by atoms with Crippen LogP contribution >= 0.6 is 0 Å². The summed E-state index contributed by atoms with van der Waals surface area (Å²) in [5.74, 6) is 0.268. The summed E-state index contributed by atoms with van der Waals surface area (Å²) in [5, 5.41) is 0. The summed E-state index contributed by atoms with van der Waals surface area (Å²) in [6.07, 6.45) is 1.69. The van der Waals surface area contributed by atoms with Gasteiger partial charge in [-0.1, -0.05) is 32.0 Å². The Balaban J connectivity index is 1.93. The van der Waals surface area contributed by atoms with Crippen LogP contribution in [0.15, 0.2) is 39.9 Å². The van der Waals surface area contributed by atoms with Gasteiger partial charge in [0, 0.05) is 39.1 Å². The Bertz CT molecular complexity index is 982. The number of rotatable bonds is 5. The zero-order valence-corrected chi connectivity index (χ0v) is 17.7. The number of anilines is 1. The molecule has 3 rings (SSSR count). The summed E-state index contributed by atoms with van der Waals surface area (Å²) in [6, 6.07) is 9.34. The highest BCUT2D eigenvalue weighted by Crippen LogP contribution is 2.20. The molecule has 7 nitrogen and oxygen atoms in total. The van der Waals surface area contributed by atoms with Crippen molar-refractivity contribution in [3.63, 3.8) is 0 Å². The fraction of sp³-hybridized carbons (Fsp3) is 0.500. The first kappa shape index (κ1) is 20.9. The van der Waals surface area contributed by atoms with Crippen molar-refractivity contribution in [3.05, 3.63) is 56.9 Å². The van der Waals surface area contributed by atoms with Crippen LogP contribution in [0.1, 0.15) is 32.4 Å². The quantitative estimate of drug-likeness (QED) is 0.772. The van der Waals surface area contributed by atoms with Gasteiger partial charge < -0.3 is 9.80 Å². The first-order valence-electron chi connectivity index (χ1n) is 10.3. The van der Waals surface area contributed by atoms with Gasteiger partial charge in [0.1, 0.15) is 5.69 Å². The SMILES string of the molecule is CCC(CC)C(=O)N1CCN(c2c(C)n(-c3ccccc3)c(=O)n(C)c2=O)CC1. The number of benzene rings is 1. The lowest BCUT2D eigenvalue weighted by Gasteiger charge is -2.38. The Labute approximate surface area is 171 Å². The monoisotopic (exact) mass is 398 g/mol. The van der Waals surface area contributed by atoms with E-state index in [-0.39, 0.29) is 23.1 Å². The molecule has 1 saturated heterocycles. The maximum Gasteiger partial charge on any atom is 0.335 e. The maximum absolute atomic E-state index is 12.9. The summed E-state index contributed by atoms with van der Waals surface area (Å²) in [6.45, 7) is 8.23. The molecule has 156 valence electrons. The molecule has 1 aromatic heterocycles. The second kappa shape index (κ2) is 8.68. The summed E-state index contributed by atoms with van der Waals surface area (Å²) >= 11 is 0. The fourth-order valence-electron chi connectivity index (χ4n) is 4.09. The van der Waals surface area contributed by atoms with Crippen LogP contribution in [-0.2, 0) is 11.8 Å². The third kappa shape index (κ3) is 3.86. The van der Waals surface area contributed by atoms with Crippen LogP contribution < -0.4 is 16.1 Å². The standard InChI is InChI=1S/C22H30N4O3/c1-5-17(6-2)20(27)25-14-12-24(13-15-25)19-16(3)26(18-10-8-7-9-11-18)22(29)23(4)21(19)28/h7-11,17H,5-6,12-15H2,1-4H3. The van der Waals surface area contributed by atoms with E-state index in [9.17, 15) is 14.4 Å². The van der Waals surface area contributed by atoms with Crippen LogP contribution in [0.3, 0.4) is 0 Å². The number of carbonyl (C=O) groups is 1. The highest BCUT2D eigenvalue weighted by atomic mass is 16.2. The lowest BCUT2D eigenvalue weighted by molar-refractivity contribution is -0.136. The molecule has 7 heteroatoms. The molecule has 0 saturated carbocycles. The van der Waals surface area contributed by atoms with E-state index in [1.54, 1.807) is 4.57 Å². The number of nitrogens with zero attached hydrogens (tertiary/aromatic N) is 4. The molecule has 0 aliphatic carbocycles. The zero-order valence-electron chi connectivity index (χ0n) is 17.7. The van der Waals surface area contributed by atoms with Gasteiger partial charge in [-0.05, 0) is 31.9 Å². The predicted molar refractivity (Wildman–Crippen MR) is 115 cm³/mol. The molecule has 0 N–H and O–H groups in total. The third-order valence-corrected chi connectivity index (χ3v) is 5.92. The van der Waals surface area contributed by atoms with Gasteiger partial charge in [-0.3, -0.25) is 18.7 Å². The van der Waals surface area contributed by atoms with Crippen LogP contribution in [0, 0.1) is 12.8 Å². The molecule has 0 spiro atoms. The van der Waals surface area contributed by atoms with Gasteiger partial charge >= 0.3 is 5.69 Å². The minimum absolute atomic E-state index is 0.0659. The van der Waals surface area contributed by atoms with Gasteiger partial charge in [0.2, 0.25) is 5.91 Å². The van der Waals surface area contributed by atoms with Gasteiger partial charge in [0.05, 0.1) is 11.4 Å². The summed E-state index contributed by atoms with van der Waals surface area (Å²) in [7, 11) is 1.51. The maximum atomic E-state index is 12.9. The smallest absolute Gasteiger partial charge is 0.335 e. The molecule has 2 heterocycles. The van der Waals surface area contributed by atoms with E-state index >= 15 is 0 Å². The van der Waals surface area contributed by atoms with Crippen molar-refractivity contribution in [1.29, 1.82) is 0 Å². The molecule has 0 radical (unpaired) electrons. The van der Waals surface area contributed by atoms with Crippen LogP contribution in [-0.4, -0.2) is 46.1 Å². The normalized spacial score (nSPS) is 14.5. The average Bonchev–Trinajstić information content (AvgIpc) is 2.74. The number of amides is 1. The largest absolute Gasteiger partial charge is 0.362 e. The van der Waals surface area contributed by atoms with Crippen LogP contribution in [0.2, 0.25) is 0 Å². The van der Waals surface area contributed by atoms with Crippen molar-refractivity contribution in [2.75, 3.05) is 31.1 Å². The molecule has 1 aromatic carbocycles. The van der Waals surface area contributed by atoms with E-state index < -0.39 is 0 Å². The van der Waals surface area contributed by atoms with Crippen LogP contribution in [0.4, 0.5) is 5.69 Å². The van der Waals surface area contributed by atoms with E-state index in [4.69, 9.17) is 0 Å². The first-order valence-corrected chi connectivity index (χ1v) is 10.3. The highest BCUT2D eigenvalue weighted by Gasteiger charge is 2.28. The number of hydrogen-bond acceptors (Lipinski definition) is 4. The molecule has 0 unspecified atom stereocenters. The lowest BCUT2D eigenvalue weighted by atomic mass is 10.0. The number of aromatic nitrogens is 2. The summed E-state index contributed by atoms with van der Waals surface area (Å²) in [4.78, 5) is 42.3. The van der Waals surface area contributed by atoms with E-state index in [0.717, 1.165) is 23.1 Å². The average molecular weight is 399 g/mol. The Kier molecular flexibility index (Phi) is 6.25. The van der Waals surface area contributed by atoms with Crippen LogP contribution in [0.25, 0.3) is 5.69 Å². The van der Waals surface area contributed by atoms with E-state index in [1.165, 1.54) is 7.05 Å². The molecule has 1 aliphatic rings. The van der Waals surface area contributed by atoms with Gasteiger partial charge in [0.25, 0.3) is 5.56 Å². The number of piperazine rings is 1. The molecule has 0 bridgehead atoms. The second-order valence-corrected chi connectivity index (χ2v) is 7.58. The Hall–Kier alpha value is -2.83. The van der Waals surface area contributed by atoms with Crippen molar-refractivity contribution >= 4 is 11.6 Å². The van der Waals surface area contributed by atoms with Crippen molar-refractivity contribution in [2.24, 2.45) is 13.0 Å². The minimum atomic E-state index is -0.356. The second-order valence-electron chi connectivity index (χ2n) is 7.58. The summed E-state index contributed by atoms with van der Waals surface area (Å²) < 4.78 is 2.75. The van der Waals surface area contributed by atoms with Crippen LogP contribution in [0.5, 0.6) is 0 Å². The fourth-order valence-corrected chi connectivity index (χ4v) is 4.09. The molecular weight excluding hydrogens is 368 g/mol. The topological polar surface area (TPSA) is 67.6 Å².